The molecule has 0 saturated heterocycles. The highest BCUT2D eigenvalue weighted by Crippen LogP contribution is 2.35. The van der Waals surface area contributed by atoms with Crippen LogP contribution in [0.4, 0.5) is 0 Å². The maximum Gasteiger partial charge on any atom is 0.0777 e. The molecule has 16 heavy (non-hydrogen) atoms. The molecule has 1 rings (SSSR count). The second kappa shape index (κ2) is 7.46. The van der Waals surface area contributed by atoms with Gasteiger partial charge in [-0.1, -0.05) is 26.7 Å². The summed E-state index contributed by atoms with van der Waals surface area (Å²) >= 11 is 5.35. The van der Waals surface area contributed by atoms with Crippen LogP contribution < -0.4 is 0 Å². The van der Waals surface area contributed by atoms with E-state index in [-0.39, 0.29) is 6.61 Å². The van der Waals surface area contributed by atoms with E-state index in [0.29, 0.717) is 0 Å². The second-order valence-electron chi connectivity index (χ2n) is 4.12. The van der Waals surface area contributed by atoms with Crippen LogP contribution in [0.2, 0.25) is 0 Å². The summed E-state index contributed by atoms with van der Waals surface area (Å²) in [7, 11) is 0. The lowest BCUT2D eigenvalue weighted by atomic mass is 10.0. The van der Waals surface area contributed by atoms with Gasteiger partial charge in [0.1, 0.15) is 0 Å². The molecule has 0 aliphatic heterocycles. The van der Waals surface area contributed by atoms with Crippen LogP contribution in [-0.2, 0) is 19.4 Å². The second-order valence-corrected chi connectivity index (χ2v) is 6.54. The number of aliphatic hydroxyl groups is 1. The number of unbranched alkanes of at least 4 members (excludes halogenated alkanes) is 2. The molecule has 0 spiro atoms. The quantitative estimate of drug-likeness (QED) is 0.775. The van der Waals surface area contributed by atoms with E-state index in [1.165, 1.54) is 40.6 Å². The summed E-state index contributed by atoms with van der Waals surface area (Å²) in [6.07, 6.45) is 7.16. The van der Waals surface area contributed by atoms with Crippen molar-refractivity contribution in [2.75, 3.05) is 0 Å². The van der Waals surface area contributed by atoms with Crippen LogP contribution in [0.25, 0.3) is 0 Å². The molecule has 1 heterocycles. The van der Waals surface area contributed by atoms with Gasteiger partial charge in [0, 0.05) is 4.88 Å². The number of halogens is 1. The van der Waals surface area contributed by atoms with Crippen molar-refractivity contribution in [3.8, 4) is 0 Å². The molecule has 0 aromatic carbocycles. The molecule has 0 amide bonds. The highest BCUT2D eigenvalue weighted by Gasteiger charge is 2.14. The van der Waals surface area contributed by atoms with E-state index in [2.05, 4.69) is 29.8 Å². The third-order valence-electron chi connectivity index (χ3n) is 2.86. The van der Waals surface area contributed by atoms with Crippen molar-refractivity contribution < 1.29 is 5.11 Å². The zero-order valence-electron chi connectivity index (χ0n) is 10.2. The highest BCUT2D eigenvalue weighted by atomic mass is 79.9. The minimum Gasteiger partial charge on any atom is -0.391 e. The molecule has 0 aliphatic rings. The number of hydrogen-bond acceptors (Lipinski definition) is 2. The molecule has 3 heteroatoms. The van der Waals surface area contributed by atoms with E-state index >= 15 is 0 Å². The molecular formula is C13H21BrOS. The third-order valence-corrected chi connectivity index (χ3v) is 4.87. The Kier molecular flexibility index (Phi) is 6.62. The van der Waals surface area contributed by atoms with Crippen LogP contribution in [0.1, 0.15) is 55.5 Å². The molecule has 92 valence electrons. The summed E-state index contributed by atoms with van der Waals surface area (Å²) in [5, 5.41) is 9.37. The zero-order chi connectivity index (χ0) is 12.0. The molecule has 1 N–H and O–H groups in total. The van der Waals surface area contributed by atoms with Crippen LogP contribution >= 0.6 is 27.3 Å². The van der Waals surface area contributed by atoms with E-state index in [0.717, 1.165) is 17.7 Å². The fourth-order valence-electron chi connectivity index (χ4n) is 1.89. The first-order chi connectivity index (χ1) is 7.74. The summed E-state index contributed by atoms with van der Waals surface area (Å²) in [5.74, 6) is 0. The van der Waals surface area contributed by atoms with Gasteiger partial charge in [-0.05, 0) is 52.7 Å². The number of aliphatic hydroxyl groups excluding tert-OH is 1. The maximum absolute atomic E-state index is 9.37. The predicted molar refractivity (Wildman–Crippen MR) is 75.2 cm³/mol. The Morgan fingerprint density at radius 3 is 2.12 bits per heavy atom. The van der Waals surface area contributed by atoms with Crippen molar-refractivity contribution in [2.24, 2.45) is 0 Å². The predicted octanol–water partition coefficient (Wildman–Crippen LogP) is 4.69. The summed E-state index contributed by atoms with van der Waals surface area (Å²) in [6.45, 7) is 4.62. The topological polar surface area (TPSA) is 20.2 Å². The molecule has 0 bridgehead atoms. The molecular weight excluding hydrogens is 284 g/mol. The Bertz CT molecular complexity index is 320. The van der Waals surface area contributed by atoms with Gasteiger partial charge in [0.15, 0.2) is 0 Å². The van der Waals surface area contributed by atoms with Crippen LogP contribution in [0.15, 0.2) is 3.79 Å². The van der Waals surface area contributed by atoms with Gasteiger partial charge in [0.25, 0.3) is 0 Å². The van der Waals surface area contributed by atoms with Crippen LogP contribution in [0.5, 0.6) is 0 Å². The average molecular weight is 305 g/mol. The molecule has 0 unspecified atom stereocenters. The molecule has 0 radical (unpaired) electrons. The molecule has 0 aliphatic carbocycles. The normalized spacial score (nSPS) is 11.0. The first kappa shape index (κ1) is 14.2. The number of rotatable bonds is 7. The fraction of sp³-hybridized carbons (Fsp3) is 0.692. The van der Waals surface area contributed by atoms with Gasteiger partial charge >= 0.3 is 0 Å². The smallest absolute Gasteiger partial charge is 0.0777 e. The average Bonchev–Trinajstić information content (AvgIpc) is 2.60. The summed E-state index contributed by atoms with van der Waals surface area (Å²) in [6, 6.07) is 0. The first-order valence-corrected chi connectivity index (χ1v) is 7.75. The van der Waals surface area contributed by atoms with E-state index in [4.69, 9.17) is 0 Å². The van der Waals surface area contributed by atoms with Gasteiger partial charge in [0.05, 0.1) is 10.4 Å². The van der Waals surface area contributed by atoms with Crippen LogP contribution in [0, 0.1) is 0 Å². The SMILES string of the molecule is CCCCc1c(Br)sc(CO)c1CCCC. The van der Waals surface area contributed by atoms with Gasteiger partial charge in [-0.25, -0.2) is 0 Å². The van der Waals surface area contributed by atoms with Crippen molar-refractivity contribution >= 4 is 27.3 Å². The molecule has 1 nitrogen and oxygen atoms in total. The fourth-order valence-corrected chi connectivity index (χ4v) is 3.89. The van der Waals surface area contributed by atoms with E-state index in [1.807, 2.05) is 0 Å². The Balaban J connectivity index is 2.88. The van der Waals surface area contributed by atoms with Gasteiger partial charge in [0.2, 0.25) is 0 Å². The molecule has 1 aromatic rings. The van der Waals surface area contributed by atoms with Gasteiger partial charge < -0.3 is 5.11 Å². The monoisotopic (exact) mass is 304 g/mol. The Morgan fingerprint density at radius 2 is 1.62 bits per heavy atom. The van der Waals surface area contributed by atoms with E-state index in [9.17, 15) is 5.11 Å². The van der Waals surface area contributed by atoms with Crippen molar-refractivity contribution in [3.63, 3.8) is 0 Å². The van der Waals surface area contributed by atoms with Gasteiger partial charge in [-0.2, -0.15) is 0 Å². The minimum absolute atomic E-state index is 0.189. The van der Waals surface area contributed by atoms with Gasteiger partial charge in [-0.3, -0.25) is 0 Å². The van der Waals surface area contributed by atoms with E-state index < -0.39 is 0 Å². The molecule has 0 atom stereocenters. The summed E-state index contributed by atoms with van der Waals surface area (Å²) in [4.78, 5) is 1.16. The summed E-state index contributed by atoms with van der Waals surface area (Å²) < 4.78 is 1.23. The standard InChI is InChI=1S/C13H21BrOS/c1-3-5-7-10-11(8-6-4-2)13(14)16-12(10)9-15/h15H,3-9H2,1-2H3. The highest BCUT2D eigenvalue weighted by molar-refractivity contribution is 9.11. The van der Waals surface area contributed by atoms with Crippen molar-refractivity contribution in [1.82, 2.24) is 0 Å². The number of thiophene rings is 1. The third kappa shape index (κ3) is 3.57. The summed E-state index contributed by atoms with van der Waals surface area (Å²) in [5.41, 5.74) is 2.86. The van der Waals surface area contributed by atoms with E-state index in [1.54, 1.807) is 11.3 Å². The van der Waals surface area contributed by atoms with Crippen LogP contribution in [0.3, 0.4) is 0 Å². The van der Waals surface area contributed by atoms with Crippen molar-refractivity contribution in [1.29, 1.82) is 0 Å². The first-order valence-electron chi connectivity index (χ1n) is 6.14. The van der Waals surface area contributed by atoms with Gasteiger partial charge in [-0.15, -0.1) is 11.3 Å². The maximum atomic E-state index is 9.37. The molecule has 0 saturated carbocycles. The lowest BCUT2D eigenvalue weighted by Crippen LogP contribution is -1.95. The molecule has 1 aromatic heterocycles. The lowest BCUT2D eigenvalue weighted by Gasteiger charge is -2.06. The Morgan fingerprint density at radius 1 is 1.06 bits per heavy atom. The largest absolute Gasteiger partial charge is 0.391 e. The lowest BCUT2D eigenvalue weighted by molar-refractivity contribution is 0.284. The molecule has 0 fully saturated rings. The van der Waals surface area contributed by atoms with Crippen molar-refractivity contribution in [2.45, 2.75) is 59.0 Å². The number of hydrogen-bond donors (Lipinski definition) is 1. The Hall–Kier alpha value is 0.140. The van der Waals surface area contributed by atoms with Crippen LogP contribution in [-0.4, -0.2) is 5.11 Å². The Labute approximate surface area is 111 Å². The zero-order valence-corrected chi connectivity index (χ0v) is 12.6. The van der Waals surface area contributed by atoms with Crippen molar-refractivity contribution in [3.05, 3.63) is 19.8 Å². The minimum atomic E-state index is 0.189.